The lowest BCUT2D eigenvalue weighted by Gasteiger charge is -2.24. The standard InChI is InChI=1S/C20H16FNO4/c21-13-7-8-15-14(11-13)18(24)16-17(12-5-2-1-3-6-12)22(9-4-10-23)20(25)19(16)26-15/h1-3,5-8,11,17,23H,4,9-10H2. The lowest BCUT2D eigenvalue weighted by atomic mass is 9.98. The van der Waals surface area contributed by atoms with Gasteiger partial charge in [-0.1, -0.05) is 30.3 Å². The number of hydrogen-bond acceptors (Lipinski definition) is 4. The highest BCUT2D eigenvalue weighted by atomic mass is 19.1. The van der Waals surface area contributed by atoms with Crippen LogP contribution in [-0.2, 0) is 0 Å². The van der Waals surface area contributed by atoms with Crippen LogP contribution in [-0.4, -0.2) is 29.1 Å². The zero-order chi connectivity index (χ0) is 18.3. The van der Waals surface area contributed by atoms with Crippen LogP contribution in [0.4, 0.5) is 4.39 Å². The molecular formula is C20H16FNO4. The first-order chi connectivity index (χ1) is 12.6. The van der Waals surface area contributed by atoms with Gasteiger partial charge in [-0.25, -0.2) is 4.39 Å². The molecule has 2 aromatic carbocycles. The minimum Gasteiger partial charge on any atom is -0.450 e. The molecule has 0 spiro atoms. The molecule has 1 aromatic heterocycles. The summed E-state index contributed by atoms with van der Waals surface area (Å²) in [5.41, 5.74) is 0.756. The van der Waals surface area contributed by atoms with E-state index in [0.29, 0.717) is 6.42 Å². The van der Waals surface area contributed by atoms with Crippen LogP contribution in [0.25, 0.3) is 11.0 Å². The predicted molar refractivity (Wildman–Crippen MR) is 93.5 cm³/mol. The molecule has 6 heteroatoms. The Balaban J connectivity index is 1.98. The Bertz CT molecular complexity index is 1040. The fourth-order valence-corrected chi connectivity index (χ4v) is 3.45. The third kappa shape index (κ3) is 2.50. The van der Waals surface area contributed by atoms with Gasteiger partial charge in [0.2, 0.25) is 5.76 Å². The second-order valence-corrected chi connectivity index (χ2v) is 6.20. The molecule has 5 nitrogen and oxygen atoms in total. The highest BCUT2D eigenvalue weighted by molar-refractivity contribution is 5.99. The van der Waals surface area contributed by atoms with Gasteiger partial charge in [-0.05, 0) is 30.2 Å². The number of carbonyl (C=O) groups is 1. The quantitative estimate of drug-likeness (QED) is 0.783. The maximum absolute atomic E-state index is 13.6. The summed E-state index contributed by atoms with van der Waals surface area (Å²) in [6.07, 6.45) is 0.380. The molecule has 1 amide bonds. The van der Waals surface area contributed by atoms with E-state index in [1.54, 1.807) is 0 Å². The Morgan fingerprint density at radius 1 is 1.12 bits per heavy atom. The second-order valence-electron chi connectivity index (χ2n) is 6.20. The van der Waals surface area contributed by atoms with Crippen LogP contribution >= 0.6 is 0 Å². The Labute approximate surface area is 148 Å². The van der Waals surface area contributed by atoms with Crippen LogP contribution in [0.1, 0.15) is 34.1 Å². The third-order valence-corrected chi connectivity index (χ3v) is 4.60. The van der Waals surface area contributed by atoms with Gasteiger partial charge in [0.25, 0.3) is 5.91 Å². The number of aliphatic hydroxyl groups excluding tert-OH is 1. The number of aliphatic hydroxyl groups is 1. The summed E-state index contributed by atoms with van der Waals surface area (Å²) in [5, 5.41) is 9.27. The molecule has 1 atom stereocenters. The Morgan fingerprint density at radius 3 is 2.62 bits per heavy atom. The molecular weight excluding hydrogens is 337 g/mol. The number of halogens is 1. The number of nitrogens with zero attached hydrogens (tertiary/aromatic N) is 1. The Kier molecular flexibility index (Phi) is 4.05. The van der Waals surface area contributed by atoms with Crippen molar-refractivity contribution < 1.29 is 18.7 Å². The maximum atomic E-state index is 13.6. The number of amides is 1. The van der Waals surface area contributed by atoms with Crippen molar-refractivity contribution in [3.8, 4) is 0 Å². The van der Waals surface area contributed by atoms with Crippen molar-refractivity contribution in [1.29, 1.82) is 0 Å². The van der Waals surface area contributed by atoms with Crippen molar-refractivity contribution in [1.82, 2.24) is 4.90 Å². The zero-order valence-corrected chi connectivity index (χ0v) is 13.8. The average Bonchev–Trinajstić information content (AvgIpc) is 2.94. The first-order valence-electron chi connectivity index (χ1n) is 8.35. The second kappa shape index (κ2) is 6.38. The summed E-state index contributed by atoms with van der Waals surface area (Å²) < 4.78 is 19.3. The van der Waals surface area contributed by atoms with E-state index >= 15 is 0 Å². The number of carbonyl (C=O) groups excluding carboxylic acids is 1. The van der Waals surface area contributed by atoms with Crippen molar-refractivity contribution >= 4 is 16.9 Å². The van der Waals surface area contributed by atoms with Crippen LogP contribution in [0.15, 0.2) is 57.7 Å². The summed E-state index contributed by atoms with van der Waals surface area (Å²) in [7, 11) is 0. The van der Waals surface area contributed by atoms with E-state index < -0.39 is 23.2 Å². The molecule has 2 heterocycles. The van der Waals surface area contributed by atoms with E-state index in [2.05, 4.69) is 0 Å². The molecule has 0 saturated carbocycles. The van der Waals surface area contributed by atoms with Crippen LogP contribution in [0.2, 0.25) is 0 Å². The van der Waals surface area contributed by atoms with Crippen molar-refractivity contribution in [3.05, 3.63) is 81.5 Å². The number of hydrogen-bond donors (Lipinski definition) is 1. The number of benzene rings is 2. The first kappa shape index (κ1) is 16.5. The predicted octanol–water partition coefficient (Wildman–Crippen LogP) is 2.86. The molecule has 132 valence electrons. The van der Waals surface area contributed by atoms with Gasteiger partial charge in [0.15, 0.2) is 5.43 Å². The number of rotatable bonds is 4. The zero-order valence-electron chi connectivity index (χ0n) is 13.8. The summed E-state index contributed by atoms with van der Waals surface area (Å²) in [6.45, 7) is 0.208. The molecule has 26 heavy (non-hydrogen) atoms. The fourth-order valence-electron chi connectivity index (χ4n) is 3.45. The van der Waals surface area contributed by atoms with E-state index in [-0.39, 0.29) is 35.4 Å². The third-order valence-electron chi connectivity index (χ3n) is 4.60. The van der Waals surface area contributed by atoms with E-state index in [4.69, 9.17) is 9.52 Å². The van der Waals surface area contributed by atoms with Crippen molar-refractivity contribution in [2.24, 2.45) is 0 Å². The Morgan fingerprint density at radius 2 is 1.88 bits per heavy atom. The van der Waals surface area contributed by atoms with Gasteiger partial charge in [0.05, 0.1) is 17.0 Å². The maximum Gasteiger partial charge on any atom is 0.290 e. The lowest BCUT2D eigenvalue weighted by Crippen LogP contribution is -2.31. The largest absolute Gasteiger partial charge is 0.450 e. The normalized spacial score (nSPS) is 16.3. The van der Waals surface area contributed by atoms with E-state index in [0.717, 1.165) is 11.6 Å². The first-order valence-corrected chi connectivity index (χ1v) is 8.35. The minimum absolute atomic E-state index is 0.0131. The fraction of sp³-hybridized carbons (Fsp3) is 0.200. The van der Waals surface area contributed by atoms with Gasteiger partial charge < -0.3 is 14.4 Å². The molecule has 1 aliphatic heterocycles. The summed E-state index contributed by atoms with van der Waals surface area (Å²) in [4.78, 5) is 27.5. The molecule has 1 unspecified atom stereocenters. The van der Waals surface area contributed by atoms with Crippen molar-refractivity contribution in [3.63, 3.8) is 0 Å². The smallest absolute Gasteiger partial charge is 0.290 e. The average molecular weight is 353 g/mol. The molecule has 0 saturated heterocycles. The molecule has 1 N–H and O–H groups in total. The van der Waals surface area contributed by atoms with Gasteiger partial charge in [-0.3, -0.25) is 9.59 Å². The van der Waals surface area contributed by atoms with Gasteiger partial charge in [-0.2, -0.15) is 0 Å². The van der Waals surface area contributed by atoms with Gasteiger partial charge in [0.1, 0.15) is 11.4 Å². The Hall–Kier alpha value is -2.99. The van der Waals surface area contributed by atoms with E-state index in [1.807, 2.05) is 30.3 Å². The van der Waals surface area contributed by atoms with Crippen molar-refractivity contribution in [2.45, 2.75) is 12.5 Å². The van der Waals surface area contributed by atoms with Gasteiger partial charge in [-0.15, -0.1) is 0 Å². The van der Waals surface area contributed by atoms with E-state index in [9.17, 15) is 14.0 Å². The molecule has 0 aliphatic carbocycles. The number of fused-ring (bicyclic) bond motifs is 2. The minimum atomic E-state index is -0.617. The summed E-state index contributed by atoms with van der Waals surface area (Å²) in [5.74, 6) is -0.950. The molecule has 0 bridgehead atoms. The van der Waals surface area contributed by atoms with Crippen LogP contribution in [0, 0.1) is 5.82 Å². The highest BCUT2D eigenvalue weighted by Crippen LogP contribution is 2.38. The molecule has 0 radical (unpaired) electrons. The van der Waals surface area contributed by atoms with Gasteiger partial charge in [0, 0.05) is 13.2 Å². The van der Waals surface area contributed by atoms with Crippen LogP contribution < -0.4 is 5.43 Å². The SMILES string of the molecule is O=C1c2oc3ccc(F)cc3c(=O)c2C(c2ccccc2)N1CCCO. The van der Waals surface area contributed by atoms with Crippen LogP contribution in [0.5, 0.6) is 0 Å². The summed E-state index contributed by atoms with van der Waals surface area (Å²) in [6, 6.07) is 12.2. The molecule has 1 aliphatic rings. The molecule has 0 fully saturated rings. The van der Waals surface area contributed by atoms with Crippen LogP contribution in [0.3, 0.4) is 0 Å². The van der Waals surface area contributed by atoms with Gasteiger partial charge >= 0.3 is 0 Å². The monoisotopic (exact) mass is 353 g/mol. The topological polar surface area (TPSA) is 70.8 Å². The lowest BCUT2D eigenvalue weighted by molar-refractivity contribution is 0.0716. The van der Waals surface area contributed by atoms with E-state index in [1.165, 1.54) is 17.0 Å². The van der Waals surface area contributed by atoms with Crippen molar-refractivity contribution in [2.75, 3.05) is 13.2 Å². The highest BCUT2D eigenvalue weighted by Gasteiger charge is 2.42. The molecule has 4 rings (SSSR count). The molecule has 3 aromatic rings. The summed E-state index contributed by atoms with van der Waals surface area (Å²) >= 11 is 0.